The van der Waals surface area contributed by atoms with Crippen LogP contribution >= 0.6 is 11.6 Å². The van der Waals surface area contributed by atoms with E-state index in [0.29, 0.717) is 17.9 Å². The van der Waals surface area contributed by atoms with Crippen molar-refractivity contribution in [3.63, 3.8) is 0 Å². The molecule has 4 nitrogen and oxygen atoms in total. The SMILES string of the molecule is CCCC1O[C@@H](c2ccc(Cl)c(Cc3ccc(C)cc3)c2)[C@H](O)[C@@H](O)[C@@H]1O. The fourth-order valence-electron chi connectivity index (χ4n) is 3.58. The van der Waals surface area contributed by atoms with Crippen LogP contribution < -0.4 is 0 Å². The van der Waals surface area contributed by atoms with Crippen molar-refractivity contribution >= 4 is 11.6 Å². The molecule has 5 atom stereocenters. The molecule has 1 heterocycles. The molecule has 27 heavy (non-hydrogen) atoms. The minimum atomic E-state index is -1.24. The Bertz CT molecular complexity index is 761. The van der Waals surface area contributed by atoms with Crippen LogP contribution in [0.3, 0.4) is 0 Å². The minimum Gasteiger partial charge on any atom is -0.388 e. The van der Waals surface area contributed by atoms with Gasteiger partial charge in [-0.1, -0.05) is 66.9 Å². The molecule has 1 saturated heterocycles. The Hall–Kier alpha value is -1.43. The van der Waals surface area contributed by atoms with E-state index in [9.17, 15) is 15.3 Å². The van der Waals surface area contributed by atoms with Crippen molar-refractivity contribution in [1.82, 2.24) is 0 Å². The van der Waals surface area contributed by atoms with Crippen LogP contribution in [0, 0.1) is 6.92 Å². The molecule has 2 aromatic rings. The van der Waals surface area contributed by atoms with Gasteiger partial charge in [-0.2, -0.15) is 0 Å². The van der Waals surface area contributed by atoms with Crippen molar-refractivity contribution < 1.29 is 20.1 Å². The lowest BCUT2D eigenvalue weighted by Gasteiger charge is -2.41. The van der Waals surface area contributed by atoms with E-state index in [4.69, 9.17) is 16.3 Å². The Morgan fingerprint density at radius 1 is 0.963 bits per heavy atom. The number of hydrogen-bond donors (Lipinski definition) is 3. The molecule has 1 unspecified atom stereocenters. The number of aryl methyl sites for hydroxylation is 1. The molecule has 3 rings (SSSR count). The summed E-state index contributed by atoms with van der Waals surface area (Å²) in [5, 5.41) is 31.5. The van der Waals surface area contributed by atoms with E-state index in [1.54, 1.807) is 6.07 Å². The minimum absolute atomic E-state index is 0.505. The summed E-state index contributed by atoms with van der Waals surface area (Å²) < 4.78 is 5.97. The molecule has 0 radical (unpaired) electrons. The van der Waals surface area contributed by atoms with Crippen LogP contribution in [0.1, 0.15) is 48.1 Å². The molecule has 1 aliphatic rings. The third kappa shape index (κ3) is 4.53. The molecular weight excluding hydrogens is 364 g/mol. The maximum Gasteiger partial charge on any atom is 0.113 e. The van der Waals surface area contributed by atoms with E-state index in [1.165, 1.54) is 5.56 Å². The molecule has 0 aromatic heterocycles. The van der Waals surface area contributed by atoms with Crippen molar-refractivity contribution in [1.29, 1.82) is 0 Å². The van der Waals surface area contributed by atoms with Crippen molar-refractivity contribution in [3.05, 3.63) is 69.7 Å². The lowest BCUT2D eigenvalue weighted by atomic mass is 9.88. The van der Waals surface area contributed by atoms with Crippen molar-refractivity contribution in [2.24, 2.45) is 0 Å². The summed E-state index contributed by atoms with van der Waals surface area (Å²) in [6.45, 7) is 4.04. The monoisotopic (exact) mass is 390 g/mol. The number of rotatable bonds is 5. The highest BCUT2D eigenvalue weighted by Gasteiger charge is 2.43. The third-order valence-electron chi connectivity index (χ3n) is 5.20. The van der Waals surface area contributed by atoms with Gasteiger partial charge in [-0.05, 0) is 42.5 Å². The summed E-state index contributed by atoms with van der Waals surface area (Å²) in [5.41, 5.74) is 4.03. The zero-order valence-corrected chi connectivity index (χ0v) is 16.4. The molecule has 1 aliphatic heterocycles. The maximum atomic E-state index is 10.5. The largest absolute Gasteiger partial charge is 0.388 e. The summed E-state index contributed by atoms with van der Waals surface area (Å²) in [6.07, 6.45) is -2.63. The first-order valence-corrected chi connectivity index (χ1v) is 9.82. The van der Waals surface area contributed by atoms with Crippen molar-refractivity contribution in [2.75, 3.05) is 0 Å². The lowest BCUT2D eigenvalue weighted by Crippen LogP contribution is -2.54. The highest BCUT2D eigenvalue weighted by atomic mass is 35.5. The first-order chi connectivity index (χ1) is 12.9. The Labute approximate surface area is 165 Å². The zero-order valence-electron chi connectivity index (χ0n) is 15.7. The molecule has 0 bridgehead atoms. The molecule has 2 aromatic carbocycles. The van der Waals surface area contributed by atoms with Gasteiger partial charge in [0.2, 0.25) is 0 Å². The first kappa shape index (κ1) is 20.3. The molecule has 0 saturated carbocycles. The smallest absolute Gasteiger partial charge is 0.113 e. The molecule has 3 N–H and O–H groups in total. The van der Waals surface area contributed by atoms with Gasteiger partial charge in [-0.3, -0.25) is 0 Å². The van der Waals surface area contributed by atoms with E-state index in [2.05, 4.69) is 24.3 Å². The summed E-state index contributed by atoms with van der Waals surface area (Å²) in [7, 11) is 0. The second kappa shape index (κ2) is 8.72. The summed E-state index contributed by atoms with van der Waals surface area (Å²) in [5.74, 6) is 0. The van der Waals surface area contributed by atoms with Gasteiger partial charge in [0.1, 0.15) is 24.4 Å². The van der Waals surface area contributed by atoms with Gasteiger partial charge in [0, 0.05) is 5.02 Å². The van der Waals surface area contributed by atoms with E-state index in [1.807, 2.05) is 26.0 Å². The fourth-order valence-corrected chi connectivity index (χ4v) is 3.77. The van der Waals surface area contributed by atoms with Crippen LogP contribution in [0.5, 0.6) is 0 Å². The Balaban J connectivity index is 1.86. The highest BCUT2D eigenvalue weighted by molar-refractivity contribution is 6.31. The van der Waals surface area contributed by atoms with Gasteiger partial charge >= 0.3 is 0 Å². The van der Waals surface area contributed by atoms with Crippen LogP contribution in [-0.4, -0.2) is 39.7 Å². The lowest BCUT2D eigenvalue weighted by molar-refractivity contribution is -0.226. The fraction of sp³-hybridized carbons (Fsp3) is 0.455. The Morgan fingerprint density at radius 2 is 1.67 bits per heavy atom. The van der Waals surface area contributed by atoms with Gasteiger partial charge in [0.05, 0.1) is 6.10 Å². The normalized spacial score (nSPS) is 28.3. The second-order valence-corrected chi connectivity index (χ2v) is 7.78. The molecular formula is C22H27ClO4. The highest BCUT2D eigenvalue weighted by Crippen LogP contribution is 2.35. The van der Waals surface area contributed by atoms with Gasteiger partial charge in [-0.15, -0.1) is 0 Å². The van der Waals surface area contributed by atoms with Crippen LogP contribution in [0.2, 0.25) is 5.02 Å². The quantitative estimate of drug-likeness (QED) is 0.730. The van der Waals surface area contributed by atoms with E-state index in [-0.39, 0.29) is 0 Å². The van der Waals surface area contributed by atoms with Gasteiger partial charge in [0.25, 0.3) is 0 Å². The Kier molecular flexibility index (Phi) is 6.56. The topological polar surface area (TPSA) is 69.9 Å². The van der Waals surface area contributed by atoms with Crippen LogP contribution in [-0.2, 0) is 11.2 Å². The van der Waals surface area contributed by atoms with Crippen LogP contribution in [0.4, 0.5) is 0 Å². The number of aliphatic hydroxyl groups is 3. The van der Waals surface area contributed by atoms with Gasteiger partial charge in [0.15, 0.2) is 0 Å². The van der Waals surface area contributed by atoms with Crippen LogP contribution in [0.25, 0.3) is 0 Å². The number of hydrogen-bond acceptors (Lipinski definition) is 4. The average Bonchev–Trinajstić information content (AvgIpc) is 2.66. The van der Waals surface area contributed by atoms with Gasteiger partial charge < -0.3 is 20.1 Å². The number of ether oxygens (including phenoxy) is 1. The molecule has 146 valence electrons. The summed E-state index contributed by atoms with van der Waals surface area (Å²) >= 11 is 6.39. The average molecular weight is 391 g/mol. The number of aliphatic hydroxyl groups excluding tert-OH is 3. The predicted molar refractivity (Wildman–Crippen MR) is 106 cm³/mol. The second-order valence-electron chi connectivity index (χ2n) is 7.37. The predicted octanol–water partition coefficient (Wildman–Crippen LogP) is 3.56. The number of halogens is 1. The van der Waals surface area contributed by atoms with Crippen LogP contribution in [0.15, 0.2) is 42.5 Å². The molecule has 5 heteroatoms. The maximum absolute atomic E-state index is 10.5. The standard InChI is InChI=1S/C22H27ClO4/c1-3-4-18-19(24)20(25)21(26)22(27-18)15-9-10-17(23)16(12-15)11-14-7-5-13(2)6-8-14/h5-10,12,18-22,24-26H,3-4,11H2,1-2H3/t18?,19-,20+,21-,22+/m1/s1. The van der Waals surface area contributed by atoms with Gasteiger partial charge in [-0.25, -0.2) is 0 Å². The van der Waals surface area contributed by atoms with E-state index in [0.717, 1.165) is 23.1 Å². The zero-order chi connectivity index (χ0) is 19.6. The summed E-state index contributed by atoms with van der Waals surface area (Å²) in [6, 6.07) is 13.8. The molecule has 0 amide bonds. The summed E-state index contributed by atoms with van der Waals surface area (Å²) in [4.78, 5) is 0. The van der Waals surface area contributed by atoms with Crippen molar-refractivity contribution in [3.8, 4) is 0 Å². The van der Waals surface area contributed by atoms with Crippen molar-refractivity contribution in [2.45, 2.75) is 63.6 Å². The van der Waals surface area contributed by atoms with E-state index < -0.39 is 30.5 Å². The number of benzene rings is 2. The molecule has 1 fully saturated rings. The Morgan fingerprint density at radius 3 is 2.33 bits per heavy atom. The van der Waals surface area contributed by atoms with E-state index >= 15 is 0 Å². The first-order valence-electron chi connectivity index (χ1n) is 9.44. The molecule has 0 spiro atoms. The third-order valence-corrected chi connectivity index (χ3v) is 5.57. The molecule has 0 aliphatic carbocycles.